The number of cyclic esters (lactones) is 1. The maximum Gasteiger partial charge on any atom is 0.310 e. The van der Waals surface area contributed by atoms with E-state index in [4.69, 9.17) is 21.1 Å². The molecule has 3 N–H and O–H groups in total. The number of amides is 4. The first-order valence-corrected chi connectivity index (χ1v) is 13.8. The lowest BCUT2D eigenvalue weighted by molar-refractivity contribution is -0.168. The molecule has 212 valence electrons. The number of anilines is 1. The zero-order valence-electron chi connectivity index (χ0n) is 22.2. The summed E-state index contributed by atoms with van der Waals surface area (Å²) in [6.07, 6.45) is 4.78. The molecular formula is C27H35ClN4O7. The van der Waals surface area contributed by atoms with Crippen molar-refractivity contribution < 1.29 is 33.4 Å². The summed E-state index contributed by atoms with van der Waals surface area (Å²) in [7, 11) is 0. The number of esters is 1. The van der Waals surface area contributed by atoms with E-state index < -0.39 is 42.2 Å². The van der Waals surface area contributed by atoms with Crippen LogP contribution in [0.15, 0.2) is 18.2 Å². The minimum absolute atomic E-state index is 0.0114. The molecule has 4 rings (SSSR count). The molecule has 39 heavy (non-hydrogen) atoms. The van der Waals surface area contributed by atoms with Crippen molar-refractivity contribution in [3.63, 3.8) is 0 Å². The van der Waals surface area contributed by atoms with Gasteiger partial charge in [-0.2, -0.15) is 0 Å². The first-order valence-electron chi connectivity index (χ1n) is 13.4. The van der Waals surface area contributed by atoms with Crippen LogP contribution in [0.5, 0.6) is 0 Å². The number of hydrogen-bond donors (Lipinski definition) is 3. The topological polar surface area (TPSA) is 143 Å². The molecule has 2 aliphatic heterocycles. The van der Waals surface area contributed by atoms with Gasteiger partial charge in [-0.05, 0) is 56.7 Å². The zero-order chi connectivity index (χ0) is 28.1. The predicted octanol–water partition coefficient (Wildman–Crippen LogP) is 2.37. The van der Waals surface area contributed by atoms with Crippen molar-refractivity contribution in [2.45, 2.75) is 83.2 Å². The molecule has 3 fully saturated rings. The Hall–Kier alpha value is -3.18. The van der Waals surface area contributed by atoms with E-state index >= 15 is 0 Å². The highest BCUT2D eigenvalue weighted by Crippen LogP contribution is 2.27. The van der Waals surface area contributed by atoms with E-state index in [1.807, 2.05) is 0 Å². The molecule has 0 spiro atoms. The Kier molecular flexibility index (Phi) is 9.45. The number of halogens is 1. The van der Waals surface area contributed by atoms with Crippen molar-refractivity contribution in [1.29, 1.82) is 0 Å². The number of hydrogen-bond acceptors (Lipinski definition) is 7. The highest BCUT2D eigenvalue weighted by atomic mass is 35.5. The van der Waals surface area contributed by atoms with Crippen molar-refractivity contribution in [2.24, 2.45) is 5.92 Å². The lowest BCUT2D eigenvalue weighted by Gasteiger charge is -2.28. The number of likely N-dealkylation sites (tertiary alicyclic amines) is 1. The highest BCUT2D eigenvalue weighted by Gasteiger charge is 2.41. The number of carbonyl (C=O) groups excluding carboxylic acids is 5. The first-order chi connectivity index (χ1) is 18.6. The minimum atomic E-state index is -0.904. The van der Waals surface area contributed by atoms with Crippen molar-refractivity contribution in [3.8, 4) is 0 Å². The number of ether oxygens (including phenoxy) is 2. The van der Waals surface area contributed by atoms with E-state index in [1.165, 1.54) is 42.9 Å². The monoisotopic (exact) mass is 562 g/mol. The van der Waals surface area contributed by atoms with E-state index in [9.17, 15) is 24.0 Å². The Balaban J connectivity index is 1.32. The standard InChI is InChI=1S/C27H35ClN4O7/c1-15(29-24(35)18-9-10-20(19(28)12-18)30-16(2)33)26(37)32-11-5-8-22(32)25(36)31-21-13-23(34)39-27(21)38-14-17-6-3-4-7-17/h9-10,12,15,17,21-22,27H,3-8,11,13-14H2,1-2H3,(H,29,35)(H,30,33)(H,31,36)/t15-,21?,22-,27+/m0/s1. The zero-order valence-corrected chi connectivity index (χ0v) is 22.9. The second-order valence-electron chi connectivity index (χ2n) is 10.4. The van der Waals surface area contributed by atoms with E-state index in [-0.39, 0.29) is 28.8 Å². The van der Waals surface area contributed by atoms with Crippen molar-refractivity contribution in [3.05, 3.63) is 28.8 Å². The largest absolute Gasteiger partial charge is 0.433 e. The predicted molar refractivity (Wildman–Crippen MR) is 142 cm³/mol. The molecule has 1 aromatic carbocycles. The van der Waals surface area contributed by atoms with Crippen LogP contribution in [0.2, 0.25) is 5.02 Å². The number of carbonyl (C=O) groups is 5. The number of nitrogens with zero attached hydrogens (tertiary/aromatic N) is 1. The molecule has 0 bridgehead atoms. The van der Waals surface area contributed by atoms with Gasteiger partial charge in [0.25, 0.3) is 5.91 Å². The third-order valence-corrected chi connectivity index (χ3v) is 7.67. The van der Waals surface area contributed by atoms with Crippen LogP contribution in [0.1, 0.15) is 69.2 Å². The Morgan fingerprint density at radius 1 is 1.15 bits per heavy atom. The van der Waals surface area contributed by atoms with Crippen LogP contribution in [0.3, 0.4) is 0 Å². The molecule has 1 aliphatic carbocycles. The molecule has 2 heterocycles. The smallest absolute Gasteiger partial charge is 0.310 e. The molecule has 0 radical (unpaired) electrons. The summed E-state index contributed by atoms with van der Waals surface area (Å²) in [5.74, 6) is -1.58. The molecule has 1 aromatic rings. The van der Waals surface area contributed by atoms with Gasteiger partial charge in [-0.25, -0.2) is 0 Å². The Morgan fingerprint density at radius 2 is 1.90 bits per heavy atom. The molecule has 4 amide bonds. The summed E-state index contributed by atoms with van der Waals surface area (Å²) in [5, 5.41) is 8.27. The first kappa shape index (κ1) is 28.8. The van der Waals surface area contributed by atoms with Crippen molar-refractivity contribution in [1.82, 2.24) is 15.5 Å². The molecule has 2 saturated heterocycles. The van der Waals surface area contributed by atoms with Crippen LogP contribution >= 0.6 is 11.6 Å². The van der Waals surface area contributed by atoms with E-state index in [0.717, 1.165) is 12.8 Å². The second kappa shape index (κ2) is 12.8. The molecular weight excluding hydrogens is 528 g/mol. The SMILES string of the molecule is CC(=O)Nc1ccc(C(=O)N[C@@H](C)C(=O)N2CCC[C@H]2C(=O)NC2CC(=O)O[C@H]2OCC2CCCC2)cc1Cl. The van der Waals surface area contributed by atoms with Gasteiger partial charge in [-0.3, -0.25) is 24.0 Å². The van der Waals surface area contributed by atoms with Crippen molar-refractivity contribution >= 4 is 46.9 Å². The number of benzene rings is 1. The van der Waals surface area contributed by atoms with E-state index in [1.54, 1.807) is 6.92 Å². The Morgan fingerprint density at radius 3 is 2.59 bits per heavy atom. The van der Waals surface area contributed by atoms with Gasteiger partial charge in [-0.1, -0.05) is 24.4 Å². The summed E-state index contributed by atoms with van der Waals surface area (Å²) in [4.78, 5) is 63.8. The lowest BCUT2D eigenvalue weighted by Crippen LogP contribution is -2.54. The van der Waals surface area contributed by atoms with Gasteiger partial charge in [0.05, 0.1) is 23.7 Å². The molecule has 1 unspecified atom stereocenters. The van der Waals surface area contributed by atoms with Crippen LogP contribution < -0.4 is 16.0 Å². The van der Waals surface area contributed by atoms with Crippen LogP contribution in [0.25, 0.3) is 0 Å². The summed E-state index contributed by atoms with van der Waals surface area (Å²) < 4.78 is 11.1. The molecule has 3 aliphatic rings. The fourth-order valence-corrected chi connectivity index (χ4v) is 5.56. The fourth-order valence-electron chi connectivity index (χ4n) is 5.33. The molecule has 12 heteroatoms. The van der Waals surface area contributed by atoms with Crippen LogP contribution in [-0.4, -0.2) is 72.1 Å². The maximum atomic E-state index is 13.2. The second-order valence-corrected chi connectivity index (χ2v) is 10.8. The van der Waals surface area contributed by atoms with Crippen molar-refractivity contribution in [2.75, 3.05) is 18.5 Å². The van der Waals surface area contributed by atoms with Gasteiger partial charge in [0.2, 0.25) is 24.0 Å². The fraction of sp³-hybridized carbons (Fsp3) is 0.593. The third kappa shape index (κ3) is 7.27. The normalized spacial score (nSPS) is 23.8. The molecule has 1 saturated carbocycles. The van der Waals surface area contributed by atoms with Crippen LogP contribution in [-0.2, 0) is 28.7 Å². The van der Waals surface area contributed by atoms with Gasteiger partial charge >= 0.3 is 5.97 Å². The molecule has 0 aromatic heterocycles. The highest BCUT2D eigenvalue weighted by molar-refractivity contribution is 6.34. The average molecular weight is 563 g/mol. The summed E-state index contributed by atoms with van der Waals surface area (Å²) in [5.41, 5.74) is 0.593. The lowest BCUT2D eigenvalue weighted by atomic mass is 10.1. The van der Waals surface area contributed by atoms with Crippen LogP contribution in [0, 0.1) is 5.92 Å². The Bertz CT molecular complexity index is 1120. The average Bonchev–Trinajstić information content (AvgIpc) is 3.64. The van der Waals surface area contributed by atoms with Gasteiger partial charge in [-0.15, -0.1) is 0 Å². The van der Waals surface area contributed by atoms with Gasteiger partial charge < -0.3 is 30.3 Å². The third-order valence-electron chi connectivity index (χ3n) is 7.36. The Labute approximate surface area is 232 Å². The quantitative estimate of drug-likeness (QED) is 0.392. The van der Waals surface area contributed by atoms with Gasteiger partial charge in [0.1, 0.15) is 18.1 Å². The van der Waals surface area contributed by atoms with Gasteiger partial charge in [0, 0.05) is 19.0 Å². The summed E-state index contributed by atoms with van der Waals surface area (Å²) in [6.45, 7) is 3.75. The minimum Gasteiger partial charge on any atom is -0.433 e. The van der Waals surface area contributed by atoms with E-state index in [2.05, 4.69) is 16.0 Å². The van der Waals surface area contributed by atoms with E-state index in [0.29, 0.717) is 37.6 Å². The van der Waals surface area contributed by atoms with Gasteiger partial charge in [0.15, 0.2) is 0 Å². The molecule has 11 nitrogen and oxygen atoms in total. The number of rotatable bonds is 9. The molecule has 4 atom stereocenters. The number of nitrogens with one attached hydrogen (secondary N) is 3. The summed E-state index contributed by atoms with van der Waals surface area (Å²) >= 11 is 6.16. The van der Waals surface area contributed by atoms with Crippen LogP contribution in [0.4, 0.5) is 5.69 Å². The maximum absolute atomic E-state index is 13.2. The summed E-state index contributed by atoms with van der Waals surface area (Å²) in [6, 6.07) is 2.15.